The van der Waals surface area contributed by atoms with Crippen molar-refractivity contribution in [3.63, 3.8) is 0 Å². The van der Waals surface area contributed by atoms with Crippen molar-refractivity contribution in [1.29, 1.82) is 0 Å². The second kappa shape index (κ2) is 11.4. The molecule has 0 saturated carbocycles. The Labute approximate surface area is 164 Å². The number of carbonyl (C=O) groups excluding carboxylic acids is 1. The van der Waals surface area contributed by atoms with Crippen molar-refractivity contribution >= 4 is 35.8 Å². The van der Waals surface area contributed by atoms with Crippen LogP contribution in [0, 0.1) is 0 Å². The van der Waals surface area contributed by atoms with Crippen molar-refractivity contribution < 1.29 is 4.79 Å². The molecular formula is C16H24IN7O. The van der Waals surface area contributed by atoms with E-state index in [1.807, 2.05) is 37.4 Å². The number of benzene rings is 1. The molecule has 1 aromatic heterocycles. The minimum atomic E-state index is -0.0764. The third-order valence-electron chi connectivity index (χ3n) is 3.44. The fourth-order valence-corrected chi connectivity index (χ4v) is 2.08. The SMILES string of the molecule is CN=C(NCC(=O)NCCc1ccccc1)NCc1ncnn1C.I. The zero-order chi connectivity index (χ0) is 17.2. The van der Waals surface area contributed by atoms with E-state index in [1.165, 1.54) is 11.9 Å². The quantitative estimate of drug-likeness (QED) is 0.319. The summed E-state index contributed by atoms with van der Waals surface area (Å²) in [5, 5.41) is 12.9. The lowest BCUT2D eigenvalue weighted by atomic mass is 10.1. The number of nitrogens with one attached hydrogen (secondary N) is 3. The Bertz CT molecular complexity index is 672. The first-order valence-corrected chi connectivity index (χ1v) is 7.77. The standard InChI is InChI=1S/C16H23N7O.HI/c1-17-16(19-10-14-21-12-22-23(14)2)20-11-15(24)18-9-8-13-6-4-3-5-7-13;/h3-7,12H,8-11H2,1-2H3,(H,18,24)(H2,17,19,20);1H. The molecule has 2 rings (SSSR count). The Balaban J connectivity index is 0.00000312. The van der Waals surface area contributed by atoms with Crippen LogP contribution in [0.15, 0.2) is 41.7 Å². The zero-order valence-electron chi connectivity index (χ0n) is 14.4. The molecule has 0 unspecified atom stereocenters. The Hall–Kier alpha value is -2.17. The number of aromatic nitrogens is 3. The molecule has 0 spiro atoms. The Morgan fingerprint density at radius 1 is 1.20 bits per heavy atom. The molecule has 2 aromatic rings. The molecule has 0 radical (unpaired) electrons. The van der Waals surface area contributed by atoms with Crippen LogP contribution in [0.2, 0.25) is 0 Å². The molecule has 0 bridgehead atoms. The van der Waals surface area contributed by atoms with Crippen LogP contribution in [0.1, 0.15) is 11.4 Å². The maximum absolute atomic E-state index is 11.9. The largest absolute Gasteiger partial charge is 0.354 e. The molecule has 136 valence electrons. The number of guanidine groups is 1. The predicted octanol–water partition coefficient (Wildman–Crippen LogP) is 0.457. The average molecular weight is 457 g/mol. The van der Waals surface area contributed by atoms with Gasteiger partial charge in [0.15, 0.2) is 5.96 Å². The van der Waals surface area contributed by atoms with Gasteiger partial charge in [-0.1, -0.05) is 30.3 Å². The maximum atomic E-state index is 11.9. The monoisotopic (exact) mass is 457 g/mol. The van der Waals surface area contributed by atoms with Gasteiger partial charge in [-0.25, -0.2) is 4.98 Å². The number of amides is 1. The van der Waals surface area contributed by atoms with Crippen LogP contribution in [-0.4, -0.2) is 46.8 Å². The van der Waals surface area contributed by atoms with E-state index in [0.29, 0.717) is 19.0 Å². The number of carbonyl (C=O) groups is 1. The van der Waals surface area contributed by atoms with Crippen LogP contribution in [0.3, 0.4) is 0 Å². The number of aliphatic imine (C=N–C) groups is 1. The van der Waals surface area contributed by atoms with E-state index in [2.05, 4.69) is 31.0 Å². The lowest BCUT2D eigenvalue weighted by molar-refractivity contribution is -0.119. The molecule has 9 heteroatoms. The molecule has 8 nitrogen and oxygen atoms in total. The Morgan fingerprint density at radius 3 is 2.60 bits per heavy atom. The molecule has 1 amide bonds. The Morgan fingerprint density at radius 2 is 1.96 bits per heavy atom. The first kappa shape index (κ1) is 20.9. The first-order chi connectivity index (χ1) is 11.7. The number of halogens is 1. The molecular weight excluding hydrogens is 433 g/mol. The molecule has 0 aliphatic rings. The second-order valence-corrected chi connectivity index (χ2v) is 5.16. The van der Waals surface area contributed by atoms with Gasteiger partial charge in [-0.15, -0.1) is 24.0 Å². The molecule has 0 fully saturated rings. The van der Waals surface area contributed by atoms with Gasteiger partial charge in [0, 0.05) is 20.6 Å². The van der Waals surface area contributed by atoms with Gasteiger partial charge in [-0.2, -0.15) is 5.10 Å². The molecule has 0 aliphatic carbocycles. The highest BCUT2D eigenvalue weighted by Crippen LogP contribution is 1.97. The Kier molecular flexibility index (Phi) is 9.51. The van der Waals surface area contributed by atoms with Gasteiger partial charge in [-0.3, -0.25) is 14.5 Å². The van der Waals surface area contributed by atoms with E-state index in [-0.39, 0.29) is 36.4 Å². The summed E-state index contributed by atoms with van der Waals surface area (Å²) in [6, 6.07) is 10.0. The fraction of sp³-hybridized carbons (Fsp3) is 0.375. The summed E-state index contributed by atoms with van der Waals surface area (Å²) >= 11 is 0. The van der Waals surface area contributed by atoms with E-state index < -0.39 is 0 Å². The third-order valence-corrected chi connectivity index (χ3v) is 3.44. The summed E-state index contributed by atoms with van der Waals surface area (Å²) < 4.78 is 1.68. The lowest BCUT2D eigenvalue weighted by Gasteiger charge is -2.11. The summed E-state index contributed by atoms with van der Waals surface area (Å²) in [7, 11) is 3.47. The minimum Gasteiger partial charge on any atom is -0.354 e. The van der Waals surface area contributed by atoms with Crippen molar-refractivity contribution in [2.75, 3.05) is 20.1 Å². The lowest BCUT2D eigenvalue weighted by Crippen LogP contribution is -2.43. The van der Waals surface area contributed by atoms with Crippen LogP contribution in [-0.2, 0) is 24.8 Å². The van der Waals surface area contributed by atoms with Gasteiger partial charge in [0.2, 0.25) is 5.91 Å². The normalized spacial score (nSPS) is 10.7. The summed E-state index contributed by atoms with van der Waals surface area (Å²) in [6.45, 7) is 1.24. The molecule has 3 N–H and O–H groups in total. The van der Waals surface area contributed by atoms with Crippen LogP contribution in [0.25, 0.3) is 0 Å². The smallest absolute Gasteiger partial charge is 0.239 e. The summed E-state index contributed by atoms with van der Waals surface area (Å²) in [5.74, 6) is 1.24. The number of hydrogen-bond acceptors (Lipinski definition) is 4. The molecule has 0 saturated heterocycles. The highest BCUT2D eigenvalue weighted by Gasteiger charge is 2.05. The van der Waals surface area contributed by atoms with Crippen molar-refractivity contribution in [3.8, 4) is 0 Å². The van der Waals surface area contributed by atoms with E-state index in [0.717, 1.165) is 12.2 Å². The molecule has 1 aromatic carbocycles. The van der Waals surface area contributed by atoms with Crippen molar-refractivity contribution in [3.05, 3.63) is 48.0 Å². The molecule has 0 atom stereocenters. The van der Waals surface area contributed by atoms with Crippen LogP contribution in [0.5, 0.6) is 0 Å². The van der Waals surface area contributed by atoms with Crippen LogP contribution >= 0.6 is 24.0 Å². The third kappa shape index (κ3) is 7.50. The zero-order valence-corrected chi connectivity index (χ0v) is 16.7. The first-order valence-electron chi connectivity index (χ1n) is 7.77. The van der Waals surface area contributed by atoms with E-state index >= 15 is 0 Å². The number of nitrogens with zero attached hydrogens (tertiary/aromatic N) is 4. The van der Waals surface area contributed by atoms with Crippen molar-refractivity contribution in [1.82, 2.24) is 30.7 Å². The van der Waals surface area contributed by atoms with Gasteiger partial charge in [0.25, 0.3) is 0 Å². The van der Waals surface area contributed by atoms with E-state index in [1.54, 1.807) is 11.7 Å². The van der Waals surface area contributed by atoms with E-state index in [4.69, 9.17) is 0 Å². The highest BCUT2D eigenvalue weighted by atomic mass is 127. The minimum absolute atomic E-state index is 0. The van der Waals surface area contributed by atoms with Gasteiger partial charge in [-0.05, 0) is 12.0 Å². The maximum Gasteiger partial charge on any atom is 0.239 e. The summed E-state index contributed by atoms with van der Waals surface area (Å²) in [6.07, 6.45) is 2.30. The highest BCUT2D eigenvalue weighted by molar-refractivity contribution is 14.0. The topological polar surface area (TPSA) is 96.2 Å². The number of rotatable bonds is 7. The average Bonchev–Trinajstić information content (AvgIpc) is 3.01. The number of hydrogen-bond donors (Lipinski definition) is 3. The van der Waals surface area contributed by atoms with Crippen LogP contribution in [0.4, 0.5) is 0 Å². The van der Waals surface area contributed by atoms with Gasteiger partial charge in [0.05, 0.1) is 13.1 Å². The summed E-state index contributed by atoms with van der Waals surface area (Å²) in [4.78, 5) is 20.0. The number of aryl methyl sites for hydroxylation is 1. The van der Waals surface area contributed by atoms with Gasteiger partial charge < -0.3 is 16.0 Å². The van der Waals surface area contributed by atoms with Crippen molar-refractivity contribution in [2.45, 2.75) is 13.0 Å². The predicted molar refractivity (Wildman–Crippen MR) is 108 cm³/mol. The van der Waals surface area contributed by atoms with Crippen molar-refractivity contribution in [2.24, 2.45) is 12.0 Å². The molecule has 25 heavy (non-hydrogen) atoms. The van der Waals surface area contributed by atoms with E-state index in [9.17, 15) is 4.79 Å². The summed E-state index contributed by atoms with van der Waals surface area (Å²) in [5.41, 5.74) is 1.20. The molecule has 1 heterocycles. The van der Waals surface area contributed by atoms with Crippen LogP contribution < -0.4 is 16.0 Å². The van der Waals surface area contributed by atoms with Gasteiger partial charge >= 0.3 is 0 Å². The fourth-order valence-electron chi connectivity index (χ4n) is 2.08. The second-order valence-electron chi connectivity index (χ2n) is 5.16. The van der Waals surface area contributed by atoms with Gasteiger partial charge in [0.1, 0.15) is 12.2 Å². The molecule has 0 aliphatic heterocycles.